The third-order valence-electron chi connectivity index (χ3n) is 5.37. The van der Waals surface area contributed by atoms with E-state index < -0.39 is 15.3 Å². The van der Waals surface area contributed by atoms with Gasteiger partial charge < -0.3 is 14.6 Å². The molecule has 2 aromatic rings. The van der Waals surface area contributed by atoms with Crippen molar-refractivity contribution in [1.29, 1.82) is 0 Å². The quantitative estimate of drug-likeness (QED) is 0.470. The maximum Gasteiger partial charge on any atom is 0.217 e. The summed E-state index contributed by atoms with van der Waals surface area (Å²) in [6.45, 7) is 5.89. The van der Waals surface area contributed by atoms with Crippen LogP contribution in [0.3, 0.4) is 0 Å². The van der Waals surface area contributed by atoms with E-state index in [1.165, 1.54) is 4.31 Å². The molecule has 0 heterocycles. The zero-order valence-electron chi connectivity index (χ0n) is 18.5. The Morgan fingerprint density at radius 2 is 1.42 bits per heavy atom. The average molecular weight is 448 g/mol. The van der Waals surface area contributed by atoms with Crippen molar-refractivity contribution < 1.29 is 23.0 Å². The average Bonchev–Trinajstić information content (AvgIpc) is 2.78. The van der Waals surface area contributed by atoms with Crippen LogP contribution in [-0.4, -0.2) is 43.9 Å². The summed E-state index contributed by atoms with van der Waals surface area (Å²) in [6.07, 6.45) is 2.46. The fourth-order valence-electron chi connectivity index (χ4n) is 3.57. The molecule has 0 radical (unpaired) electrons. The van der Waals surface area contributed by atoms with E-state index in [4.69, 9.17) is 9.47 Å². The molecule has 0 bridgehead atoms. The maximum absolute atomic E-state index is 13.7. The Morgan fingerprint density at radius 3 is 1.77 bits per heavy atom. The SMILES string of the molecule is C=CCC(C)C(CCO)S(=O)(=O)N(Cc1ccc(OC)cc1)Cc1ccc(OC)cc1. The number of nitrogens with zero attached hydrogens (tertiary/aromatic N) is 1. The van der Waals surface area contributed by atoms with E-state index in [0.29, 0.717) is 17.9 Å². The van der Waals surface area contributed by atoms with Crippen molar-refractivity contribution in [3.05, 3.63) is 72.3 Å². The van der Waals surface area contributed by atoms with E-state index in [1.807, 2.05) is 55.5 Å². The number of hydrogen-bond acceptors (Lipinski definition) is 5. The highest BCUT2D eigenvalue weighted by Crippen LogP contribution is 2.27. The molecule has 0 saturated carbocycles. The van der Waals surface area contributed by atoms with E-state index in [0.717, 1.165) is 11.1 Å². The molecule has 0 amide bonds. The van der Waals surface area contributed by atoms with E-state index in [9.17, 15) is 13.5 Å². The Morgan fingerprint density at radius 1 is 0.968 bits per heavy atom. The third kappa shape index (κ3) is 6.82. The topological polar surface area (TPSA) is 76.1 Å². The van der Waals surface area contributed by atoms with Gasteiger partial charge in [-0.3, -0.25) is 0 Å². The zero-order chi connectivity index (χ0) is 22.9. The molecule has 0 aliphatic carbocycles. The van der Waals surface area contributed by atoms with Crippen LogP contribution in [0.1, 0.15) is 30.9 Å². The van der Waals surface area contributed by atoms with Crippen molar-refractivity contribution in [2.24, 2.45) is 5.92 Å². The number of hydrogen-bond donors (Lipinski definition) is 1. The molecule has 0 spiro atoms. The Labute approximate surface area is 186 Å². The van der Waals surface area contributed by atoms with Gasteiger partial charge in [0.1, 0.15) is 11.5 Å². The number of benzene rings is 2. The first-order valence-corrected chi connectivity index (χ1v) is 11.8. The standard InChI is InChI=1S/C24H33NO5S/c1-5-6-19(2)24(15-16-26)31(27,28)25(17-20-7-11-22(29-3)12-8-20)18-21-9-13-23(30-4)14-10-21/h5,7-14,19,24,26H,1,6,15-18H2,2-4H3. The van der Waals surface area contributed by atoms with Crippen molar-refractivity contribution in [1.82, 2.24) is 4.31 Å². The predicted molar refractivity (Wildman–Crippen MR) is 124 cm³/mol. The lowest BCUT2D eigenvalue weighted by Gasteiger charge is -2.30. The van der Waals surface area contributed by atoms with E-state index in [1.54, 1.807) is 20.3 Å². The first-order chi connectivity index (χ1) is 14.8. The van der Waals surface area contributed by atoms with Gasteiger partial charge in [-0.05, 0) is 54.2 Å². The minimum absolute atomic E-state index is 0.163. The number of allylic oxidation sites excluding steroid dienone is 1. The lowest BCUT2D eigenvalue weighted by atomic mass is 10.0. The summed E-state index contributed by atoms with van der Waals surface area (Å²) in [6, 6.07) is 14.7. The van der Waals surface area contributed by atoms with Crippen molar-refractivity contribution in [2.75, 3.05) is 20.8 Å². The molecule has 0 aromatic heterocycles. The molecular weight excluding hydrogens is 414 g/mol. The molecule has 6 nitrogen and oxygen atoms in total. The largest absolute Gasteiger partial charge is 0.497 e. The summed E-state index contributed by atoms with van der Waals surface area (Å²) in [7, 11) is -0.525. The highest BCUT2D eigenvalue weighted by molar-refractivity contribution is 7.89. The maximum atomic E-state index is 13.7. The van der Waals surface area contributed by atoms with Crippen LogP contribution in [0.4, 0.5) is 0 Å². The van der Waals surface area contributed by atoms with Crippen molar-refractivity contribution in [3.8, 4) is 11.5 Å². The molecule has 0 aliphatic heterocycles. The van der Waals surface area contributed by atoms with Gasteiger partial charge in [0.05, 0.1) is 19.5 Å². The van der Waals surface area contributed by atoms with Crippen LogP contribution in [0.25, 0.3) is 0 Å². The summed E-state index contributed by atoms with van der Waals surface area (Å²) in [5.74, 6) is 1.26. The minimum atomic E-state index is -3.71. The second-order valence-corrected chi connectivity index (χ2v) is 9.71. The fourth-order valence-corrected chi connectivity index (χ4v) is 5.71. The van der Waals surface area contributed by atoms with Gasteiger partial charge in [-0.1, -0.05) is 37.3 Å². The lowest BCUT2D eigenvalue weighted by Crippen LogP contribution is -2.41. The van der Waals surface area contributed by atoms with Crippen LogP contribution < -0.4 is 9.47 Å². The molecule has 2 aromatic carbocycles. The third-order valence-corrected chi connectivity index (χ3v) is 7.81. The van der Waals surface area contributed by atoms with Crippen LogP contribution in [0, 0.1) is 5.92 Å². The van der Waals surface area contributed by atoms with Crippen LogP contribution in [-0.2, 0) is 23.1 Å². The van der Waals surface area contributed by atoms with Gasteiger partial charge in [-0.25, -0.2) is 8.42 Å². The Balaban J connectivity index is 2.39. The lowest BCUT2D eigenvalue weighted by molar-refractivity contribution is 0.269. The number of ether oxygens (including phenoxy) is 2. The van der Waals surface area contributed by atoms with Crippen LogP contribution >= 0.6 is 0 Å². The summed E-state index contributed by atoms with van der Waals surface area (Å²) in [5, 5.41) is 8.86. The minimum Gasteiger partial charge on any atom is -0.497 e. The molecule has 2 unspecified atom stereocenters. The molecule has 0 aliphatic rings. The molecular formula is C24H33NO5S. The Kier molecular flexibility index (Phi) is 9.55. The van der Waals surface area contributed by atoms with Gasteiger partial charge in [0.15, 0.2) is 0 Å². The highest BCUT2D eigenvalue weighted by atomic mass is 32.2. The summed E-state index contributed by atoms with van der Waals surface area (Å²) < 4.78 is 39.4. The number of aliphatic hydroxyl groups excluding tert-OH is 1. The Hall–Kier alpha value is -2.35. The Bertz CT molecular complexity index is 860. The molecule has 2 atom stereocenters. The van der Waals surface area contributed by atoms with Crippen LogP contribution in [0.15, 0.2) is 61.2 Å². The van der Waals surface area contributed by atoms with Crippen molar-refractivity contribution in [2.45, 2.75) is 38.1 Å². The van der Waals surface area contributed by atoms with Gasteiger partial charge >= 0.3 is 0 Å². The number of methoxy groups -OCH3 is 2. The van der Waals surface area contributed by atoms with Crippen LogP contribution in [0.2, 0.25) is 0 Å². The smallest absolute Gasteiger partial charge is 0.217 e. The fraction of sp³-hybridized carbons (Fsp3) is 0.417. The van der Waals surface area contributed by atoms with Crippen molar-refractivity contribution in [3.63, 3.8) is 0 Å². The molecule has 0 saturated heterocycles. The van der Waals surface area contributed by atoms with Gasteiger partial charge in [-0.2, -0.15) is 4.31 Å². The van der Waals surface area contributed by atoms with E-state index in [-0.39, 0.29) is 32.0 Å². The number of rotatable bonds is 13. The summed E-state index contributed by atoms with van der Waals surface area (Å²) >= 11 is 0. The molecule has 2 rings (SSSR count). The normalized spacial score (nSPS) is 13.6. The molecule has 31 heavy (non-hydrogen) atoms. The van der Waals surface area contributed by atoms with Gasteiger partial charge in [0, 0.05) is 19.7 Å². The van der Waals surface area contributed by atoms with E-state index >= 15 is 0 Å². The van der Waals surface area contributed by atoms with Gasteiger partial charge in [0.2, 0.25) is 10.0 Å². The van der Waals surface area contributed by atoms with E-state index in [2.05, 4.69) is 6.58 Å². The second kappa shape index (κ2) is 11.9. The summed E-state index contributed by atoms with van der Waals surface area (Å²) in [5.41, 5.74) is 1.72. The molecule has 1 N–H and O–H groups in total. The van der Waals surface area contributed by atoms with Crippen LogP contribution in [0.5, 0.6) is 11.5 Å². The van der Waals surface area contributed by atoms with Gasteiger partial charge in [-0.15, -0.1) is 6.58 Å². The number of aliphatic hydroxyl groups is 1. The monoisotopic (exact) mass is 447 g/mol. The zero-order valence-corrected chi connectivity index (χ0v) is 19.3. The molecule has 0 fully saturated rings. The number of sulfonamides is 1. The summed E-state index contributed by atoms with van der Waals surface area (Å²) in [4.78, 5) is 0. The van der Waals surface area contributed by atoms with Crippen molar-refractivity contribution >= 4 is 10.0 Å². The predicted octanol–water partition coefficient (Wildman–Crippen LogP) is 4.00. The highest BCUT2D eigenvalue weighted by Gasteiger charge is 2.35. The van der Waals surface area contributed by atoms with Gasteiger partial charge in [0.25, 0.3) is 0 Å². The molecule has 170 valence electrons. The second-order valence-electron chi connectivity index (χ2n) is 7.56. The molecule has 7 heteroatoms. The first-order valence-electron chi connectivity index (χ1n) is 10.3. The first kappa shape index (κ1) is 24.9.